The number of benzene rings is 1. The fourth-order valence-corrected chi connectivity index (χ4v) is 2.52. The second-order valence-corrected chi connectivity index (χ2v) is 5.11. The van der Waals surface area contributed by atoms with Gasteiger partial charge < -0.3 is 15.3 Å². The molecule has 1 unspecified atom stereocenters. The molecule has 7 nitrogen and oxygen atoms in total. The number of amides is 1. The number of carbonyl (C=O) groups is 1. The van der Waals surface area contributed by atoms with E-state index in [4.69, 9.17) is 5.11 Å². The largest absolute Gasteiger partial charge is 0.396 e. The Kier molecular flexibility index (Phi) is 4.74. The summed E-state index contributed by atoms with van der Waals surface area (Å²) in [6.45, 7) is 3.57. The van der Waals surface area contributed by atoms with Crippen molar-refractivity contribution in [3.8, 4) is 0 Å². The van der Waals surface area contributed by atoms with Crippen molar-refractivity contribution in [2.45, 2.75) is 13.3 Å². The number of rotatable bonds is 5. The summed E-state index contributed by atoms with van der Waals surface area (Å²) >= 11 is 0. The Bertz CT molecular complexity index is 547. The quantitative estimate of drug-likeness (QED) is 0.633. The third-order valence-electron chi connectivity index (χ3n) is 3.64. The predicted molar refractivity (Wildman–Crippen MR) is 78.4 cm³/mol. The van der Waals surface area contributed by atoms with Gasteiger partial charge in [-0.1, -0.05) is 0 Å². The lowest BCUT2D eigenvalue weighted by atomic mass is 10.1. The summed E-state index contributed by atoms with van der Waals surface area (Å²) < 4.78 is 0. The second-order valence-electron chi connectivity index (χ2n) is 5.11. The molecular formula is C14H19N3O4. The number of hydrogen-bond acceptors (Lipinski definition) is 5. The molecule has 0 saturated carbocycles. The molecule has 1 amide bonds. The molecule has 7 heteroatoms. The number of nitro benzene ring substituents is 1. The lowest BCUT2D eigenvalue weighted by molar-refractivity contribution is -0.385. The van der Waals surface area contributed by atoms with Crippen molar-refractivity contribution >= 4 is 17.3 Å². The first-order chi connectivity index (χ1) is 10.1. The maximum absolute atomic E-state index is 12.5. The van der Waals surface area contributed by atoms with E-state index in [2.05, 4.69) is 5.32 Å². The minimum absolute atomic E-state index is 0.0311. The molecule has 0 radical (unpaired) electrons. The SMILES string of the molecule is CCNc1ccc([N+](=O)[O-])c(C(=O)N2CCC(CO)C2)c1. The zero-order chi connectivity index (χ0) is 15.4. The first kappa shape index (κ1) is 15.2. The van der Waals surface area contributed by atoms with Gasteiger partial charge in [-0.2, -0.15) is 0 Å². The molecule has 2 rings (SSSR count). The number of aliphatic hydroxyl groups is 1. The fraction of sp³-hybridized carbons (Fsp3) is 0.500. The predicted octanol–water partition coefficient (Wildman–Crippen LogP) is 1.48. The van der Waals surface area contributed by atoms with Gasteiger partial charge in [0.05, 0.1) is 4.92 Å². The standard InChI is InChI=1S/C14H19N3O4/c1-2-15-11-3-4-13(17(20)21)12(7-11)14(19)16-6-5-10(8-16)9-18/h3-4,7,10,15,18H,2,5-6,8-9H2,1H3. The van der Waals surface area contributed by atoms with Crippen LogP contribution in [0, 0.1) is 16.0 Å². The lowest BCUT2D eigenvalue weighted by Gasteiger charge is -2.17. The van der Waals surface area contributed by atoms with Crippen LogP contribution in [-0.2, 0) is 0 Å². The molecule has 114 valence electrons. The molecular weight excluding hydrogens is 274 g/mol. The van der Waals surface area contributed by atoms with Crippen LogP contribution in [0.2, 0.25) is 0 Å². The molecule has 2 N–H and O–H groups in total. The summed E-state index contributed by atoms with van der Waals surface area (Å²) in [6, 6.07) is 4.47. The molecule has 1 aromatic carbocycles. The normalized spacial score (nSPS) is 17.8. The molecule has 1 aliphatic rings. The number of nitro groups is 1. The van der Waals surface area contributed by atoms with E-state index in [1.807, 2.05) is 6.92 Å². The summed E-state index contributed by atoms with van der Waals surface area (Å²) in [5, 5.41) is 23.3. The van der Waals surface area contributed by atoms with Crippen LogP contribution in [0.1, 0.15) is 23.7 Å². The Hall–Kier alpha value is -2.15. The Balaban J connectivity index is 2.29. The van der Waals surface area contributed by atoms with Gasteiger partial charge in [-0.05, 0) is 25.5 Å². The highest BCUT2D eigenvalue weighted by Crippen LogP contribution is 2.26. The van der Waals surface area contributed by atoms with Gasteiger partial charge in [0.15, 0.2) is 0 Å². The van der Waals surface area contributed by atoms with Crippen LogP contribution in [0.3, 0.4) is 0 Å². The number of nitrogens with one attached hydrogen (secondary N) is 1. The highest BCUT2D eigenvalue weighted by Gasteiger charge is 2.30. The van der Waals surface area contributed by atoms with E-state index in [-0.39, 0.29) is 29.7 Å². The van der Waals surface area contributed by atoms with Crippen molar-refractivity contribution in [2.75, 3.05) is 31.6 Å². The molecule has 1 atom stereocenters. The molecule has 0 spiro atoms. The van der Waals surface area contributed by atoms with Gasteiger partial charge in [-0.3, -0.25) is 14.9 Å². The Morgan fingerprint density at radius 1 is 1.57 bits per heavy atom. The fourth-order valence-electron chi connectivity index (χ4n) is 2.52. The third-order valence-corrected chi connectivity index (χ3v) is 3.64. The van der Waals surface area contributed by atoms with Gasteiger partial charge in [0.1, 0.15) is 5.56 Å². The molecule has 21 heavy (non-hydrogen) atoms. The van der Waals surface area contributed by atoms with E-state index in [1.54, 1.807) is 11.0 Å². The first-order valence-corrected chi connectivity index (χ1v) is 6.99. The van der Waals surface area contributed by atoms with E-state index in [1.165, 1.54) is 12.1 Å². The van der Waals surface area contributed by atoms with Gasteiger partial charge in [0.2, 0.25) is 0 Å². The van der Waals surface area contributed by atoms with Gasteiger partial charge in [-0.15, -0.1) is 0 Å². The van der Waals surface area contributed by atoms with E-state index >= 15 is 0 Å². The number of nitrogens with zero attached hydrogens (tertiary/aromatic N) is 2. The Morgan fingerprint density at radius 3 is 2.90 bits per heavy atom. The number of anilines is 1. The van der Waals surface area contributed by atoms with Gasteiger partial charge in [0.25, 0.3) is 11.6 Å². The van der Waals surface area contributed by atoms with Crippen LogP contribution in [0.25, 0.3) is 0 Å². The Labute approximate surface area is 122 Å². The summed E-state index contributed by atoms with van der Waals surface area (Å²) in [7, 11) is 0. The van der Waals surface area contributed by atoms with Crippen LogP contribution in [0.15, 0.2) is 18.2 Å². The van der Waals surface area contributed by atoms with Gasteiger partial charge in [0, 0.05) is 43.9 Å². The topological polar surface area (TPSA) is 95.7 Å². The third kappa shape index (κ3) is 3.30. The summed E-state index contributed by atoms with van der Waals surface area (Å²) in [6.07, 6.45) is 0.725. The average molecular weight is 293 g/mol. The number of aliphatic hydroxyl groups excluding tert-OH is 1. The maximum Gasteiger partial charge on any atom is 0.282 e. The van der Waals surface area contributed by atoms with Crippen molar-refractivity contribution in [2.24, 2.45) is 5.92 Å². The molecule has 1 heterocycles. The van der Waals surface area contributed by atoms with Crippen LogP contribution in [0.4, 0.5) is 11.4 Å². The maximum atomic E-state index is 12.5. The highest BCUT2D eigenvalue weighted by molar-refractivity contribution is 5.99. The van der Waals surface area contributed by atoms with Crippen molar-refractivity contribution in [1.82, 2.24) is 4.90 Å². The smallest absolute Gasteiger partial charge is 0.282 e. The molecule has 1 aliphatic heterocycles. The van der Waals surface area contributed by atoms with Crippen molar-refractivity contribution in [3.05, 3.63) is 33.9 Å². The van der Waals surface area contributed by atoms with Crippen molar-refractivity contribution in [1.29, 1.82) is 0 Å². The van der Waals surface area contributed by atoms with Crippen LogP contribution in [-0.4, -0.2) is 47.1 Å². The van der Waals surface area contributed by atoms with E-state index in [0.29, 0.717) is 25.3 Å². The Morgan fingerprint density at radius 2 is 2.33 bits per heavy atom. The second kappa shape index (κ2) is 6.53. The minimum Gasteiger partial charge on any atom is -0.396 e. The molecule has 1 aromatic rings. The molecule has 0 bridgehead atoms. The van der Waals surface area contributed by atoms with Crippen LogP contribution in [0.5, 0.6) is 0 Å². The zero-order valence-corrected chi connectivity index (χ0v) is 11.9. The molecule has 1 saturated heterocycles. The molecule has 0 aromatic heterocycles. The summed E-state index contributed by atoms with van der Waals surface area (Å²) in [4.78, 5) is 24.6. The number of likely N-dealkylation sites (tertiary alicyclic amines) is 1. The minimum atomic E-state index is -0.539. The highest BCUT2D eigenvalue weighted by atomic mass is 16.6. The lowest BCUT2D eigenvalue weighted by Crippen LogP contribution is -2.29. The monoisotopic (exact) mass is 293 g/mol. The first-order valence-electron chi connectivity index (χ1n) is 6.99. The molecule has 0 aliphatic carbocycles. The van der Waals surface area contributed by atoms with Crippen LogP contribution < -0.4 is 5.32 Å². The van der Waals surface area contributed by atoms with Crippen molar-refractivity contribution < 1.29 is 14.8 Å². The van der Waals surface area contributed by atoms with Gasteiger partial charge in [-0.25, -0.2) is 0 Å². The molecule has 1 fully saturated rings. The number of carbonyl (C=O) groups excluding carboxylic acids is 1. The average Bonchev–Trinajstić information content (AvgIpc) is 2.95. The van der Waals surface area contributed by atoms with E-state index in [0.717, 1.165) is 6.42 Å². The summed E-state index contributed by atoms with van der Waals surface area (Å²) in [5.41, 5.74) is 0.593. The summed E-state index contributed by atoms with van der Waals surface area (Å²) in [5.74, 6) is -0.289. The van der Waals surface area contributed by atoms with Gasteiger partial charge >= 0.3 is 0 Å². The van der Waals surface area contributed by atoms with E-state index < -0.39 is 4.92 Å². The van der Waals surface area contributed by atoms with Crippen LogP contribution >= 0.6 is 0 Å². The van der Waals surface area contributed by atoms with E-state index in [9.17, 15) is 14.9 Å². The van der Waals surface area contributed by atoms with Crippen molar-refractivity contribution in [3.63, 3.8) is 0 Å². The zero-order valence-electron chi connectivity index (χ0n) is 11.9. The number of hydrogen-bond donors (Lipinski definition) is 2.